The van der Waals surface area contributed by atoms with Crippen LogP contribution in [0.2, 0.25) is 10.0 Å². The Morgan fingerprint density at radius 2 is 1.50 bits per heavy atom. The van der Waals surface area contributed by atoms with E-state index in [9.17, 15) is 18.0 Å². The van der Waals surface area contributed by atoms with E-state index in [4.69, 9.17) is 32.7 Å². The van der Waals surface area contributed by atoms with Crippen molar-refractivity contribution in [2.75, 3.05) is 25.1 Å². The molecule has 2 amide bonds. The van der Waals surface area contributed by atoms with E-state index in [1.54, 1.807) is 48.5 Å². The second-order valence-corrected chi connectivity index (χ2v) is 14.9. The van der Waals surface area contributed by atoms with E-state index < -0.39 is 28.5 Å². The molecule has 5 rings (SSSR count). The van der Waals surface area contributed by atoms with Crippen LogP contribution in [0.25, 0.3) is 0 Å². The van der Waals surface area contributed by atoms with Crippen LogP contribution in [0.4, 0.5) is 5.69 Å². The number of carbonyl (C=O) groups is 2. The smallest absolute Gasteiger partial charge is 0.264 e. The first-order valence-corrected chi connectivity index (χ1v) is 18.7. The number of halogens is 2. The Kier molecular flexibility index (Phi) is 12.7. The van der Waals surface area contributed by atoms with Crippen LogP contribution in [-0.4, -0.2) is 58.0 Å². The largest absolute Gasteiger partial charge is 0.493 e. The number of methoxy groups -OCH3 is 2. The summed E-state index contributed by atoms with van der Waals surface area (Å²) in [6.45, 7) is -0.669. The highest BCUT2D eigenvalue weighted by molar-refractivity contribution is 7.92. The maximum atomic E-state index is 14.8. The molecule has 0 radical (unpaired) electrons. The lowest BCUT2D eigenvalue weighted by atomic mass is 9.94. The Labute approximate surface area is 304 Å². The van der Waals surface area contributed by atoms with Gasteiger partial charge >= 0.3 is 0 Å². The van der Waals surface area contributed by atoms with Crippen LogP contribution in [-0.2, 0) is 32.6 Å². The fraction of sp³-hybridized carbons (Fsp3) is 0.316. The third-order valence-electron chi connectivity index (χ3n) is 8.84. The van der Waals surface area contributed by atoms with Gasteiger partial charge in [-0.3, -0.25) is 13.9 Å². The highest BCUT2D eigenvalue weighted by Crippen LogP contribution is 2.33. The van der Waals surface area contributed by atoms with Crippen LogP contribution in [0.3, 0.4) is 0 Å². The van der Waals surface area contributed by atoms with Crippen LogP contribution in [0.15, 0.2) is 102 Å². The molecule has 0 saturated heterocycles. The minimum atomic E-state index is -4.35. The third-order valence-corrected chi connectivity index (χ3v) is 11.2. The van der Waals surface area contributed by atoms with Crippen molar-refractivity contribution < 1.29 is 27.5 Å². The Hall–Kier alpha value is -4.25. The average molecular weight is 739 g/mol. The molecule has 0 aromatic heterocycles. The fourth-order valence-electron chi connectivity index (χ4n) is 6.16. The standard InChI is InChI=1S/C38H41Cl2N3O6S/c1-48-35-21-20-32(24-36(35)49-2)50(46,47)43(31-16-10-5-11-17-31)26-37(44)42(25-28-18-19-29(39)23-33(28)40)34(22-27-12-6-3-7-13-27)38(45)41-30-14-8-4-9-15-30/h3,5-7,10-13,16-21,23-24,30,34H,4,8-9,14-15,22,25-26H2,1-2H3,(H,41,45)/t34-/m1/s1. The van der Waals surface area contributed by atoms with Gasteiger partial charge in [0.05, 0.1) is 24.8 Å². The summed E-state index contributed by atoms with van der Waals surface area (Å²) in [5.74, 6) is -0.335. The van der Waals surface area contributed by atoms with Gasteiger partial charge in [-0.1, -0.05) is 97.1 Å². The summed E-state index contributed by atoms with van der Waals surface area (Å²) >= 11 is 12.8. The quantitative estimate of drug-likeness (QED) is 0.146. The van der Waals surface area contributed by atoms with E-state index in [0.717, 1.165) is 42.0 Å². The van der Waals surface area contributed by atoms with Gasteiger partial charge in [-0.05, 0) is 60.4 Å². The Morgan fingerprint density at radius 1 is 0.840 bits per heavy atom. The lowest BCUT2D eigenvalue weighted by molar-refractivity contribution is -0.140. The van der Waals surface area contributed by atoms with Crippen molar-refractivity contribution in [2.24, 2.45) is 0 Å². The minimum absolute atomic E-state index is 0.0168. The number of benzene rings is 4. The first-order valence-electron chi connectivity index (χ1n) is 16.5. The Bertz CT molecular complexity index is 1870. The zero-order chi connectivity index (χ0) is 35.7. The van der Waals surface area contributed by atoms with E-state index in [2.05, 4.69) is 5.32 Å². The number of hydrogen-bond acceptors (Lipinski definition) is 6. The van der Waals surface area contributed by atoms with E-state index in [-0.39, 0.29) is 41.2 Å². The Balaban J connectivity index is 1.58. The zero-order valence-electron chi connectivity index (χ0n) is 28.1. The fourth-order valence-corrected chi connectivity index (χ4v) is 8.06. The van der Waals surface area contributed by atoms with Crippen molar-refractivity contribution >= 4 is 50.7 Å². The molecule has 1 atom stereocenters. The third kappa shape index (κ3) is 9.10. The summed E-state index contributed by atoms with van der Waals surface area (Å²) < 4.78 is 40.6. The molecule has 0 unspecified atom stereocenters. The summed E-state index contributed by atoms with van der Waals surface area (Å²) in [5, 5.41) is 3.94. The number of para-hydroxylation sites is 1. The molecule has 1 aliphatic rings. The molecule has 264 valence electrons. The lowest BCUT2D eigenvalue weighted by Gasteiger charge is -2.35. The topological polar surface area (TPSA) is 105 Å². The molecular weight excluding hydrogens is 697 g/mol. The van der Waals surface area contributed by atoms with Crippen molar-refractivity contribution in [3.05, 3.63) is 118 Å². The highest BCUT2D eigenvalue weighted by atomic mass is 35.5. The summed E-state index contributed by atoms with van der Waals surface area (Å²) in [7, 11) is -1.48. The average Bonchev–Trinajstić information content (AvgIpc) is 3.13. The van der Waals surface area contributed by atoms with Gasteiger partial charge in [-0.2, -0.15) is 0 Å². The number of sulfonamides is 1. The van der Waals surface area contributed by atoms with Crippen LogP contribution < -0.4 is 19.1 Å². The molecule has 0 spiro atoms. The molecule has 50 heavy (non-hydrogen) atoms. The zero-order valence-corrected chi connectivity index (χ0v) is 30.4. The number of rotatable bonds is 14. The maximum absolute atomic E-state index is 14.8. The normalized spacial score (nSPS) is 14.0. The van der Waals surface area contributed by atoms with Crippen molar-refractivity contribution in [1.82, 2.24) is 10.2 Å². The number of hydrogen-bond donors (Lipinski definition) is 1. The van der Waals surface area contributed by atoms with E-state index >= 15 is 0 Å². The summed E-state index contributed by atoms with van der Waals surface area (Å²) in [6.07, 6.45) is 5.04. The van der Waals surface area contributed by atoms with Gasteiger partial charge in [0.25, 0.3) is 10.0 Å². The predicted octanol–water partition coefficient (Wildman–Crippen LogP) is 7.29. The van der Waals surface area contributed by atoms with Crippen molar-refractivity contribution in [3.63, 3.8) is 0 Å². The SMILES string of the molecule is COc1ccc(S(=O)(=O)N(CC(=O)N(Cc2ccc(Cl)cc2Cl)[C@H](Cc2ccccc2)C(=O)NC2CCCCC2)c2ccccc2)cc1OC. The summed E-state index contributed by atoms with van der Waals surface area (Å²) in [4.78, 5) is 30.4. The van der Waals surface area contributed by atoms with Gasteiger partial charge in [0.1, 0.15) is 12.6 Å². The van der Waals surface area contributed by atoms with Gasteiger partial charge < -0.3 is 19.7 Å². The van der Waals surface area contributed by atoms with Gasteiger partial charge in [-0.25, -0.2) is 8.42 Å². The van der Waals surface area contributed by atoms with Gasteiger partial charge in [0.15, 0.2) is 11.5 Å². The first kappa shape index (κ1) is 37.0. The number of amides is 2. The molecule has 4 aromatic carbocycles. The van der Waals surface area contributed by atoms with Crippen LogP contribution in [0, 0.1) is 0 Å². The van der Waals surface area contributed by atoms with Crippen molar-refractivity contribution in [1.29, 1.82) is 0 Å². The van der Waals surface area contributed by atoms with Gasteiger partial charge in [0.2, 0.25) is 11.8 Å². The molecular formula is C38H41Cl2N3O6S. The molecule has 1 aliphatic carbocycles. The first-order chi connectivity index (χ1) is 24.1. The second-order valence-electron chi connectivity index (χ2n) is 12.2. The van der Waals surface area contributed by atoms with Gasteiger partial charge in [0, 0.05) is 35.1 Å². The lowest BCUT2D eigenvalue weighted by Crippen LogP contribution is -2.55. The highest BCUT2D eigenvalue weighted by Gasteiger charge is 2.36. The molecule has 1 saturated carbocycles. The minimum Gasteiger partial charge on any atom is -0.493 e. The summed E-state index contributed by atoms with van der Waals surface area (Å²) in [5.41, 5.74) is 1.67. The molecule has 4 aromatic rings. The van der Waals surface area contributed by atoms with Crippen molar-refractivity contribution in [2.45, 2.75) is 62.0 Å². The van der Waals surface area contributed by atoms with E-state index in [1.807, 2.05) is 30.3 Å². The van der Waals surface area contributed by atoms with Crippen molar-refractivity contribution in [3.8, 4) is 11.5 Å². The maximum Gasteiger partial charge on any atom is 0.264 e. The molecule has 12 heteroatoms. The molecule has 0 bridgehead atoms. The second kappa shape index (κ2) is 17.1. The van der Waals surface area contributed by atoms with Crippen LogP contribution in [0.1, 0.15) is 43.2 Å². The monoisotopic (exact) mass is 737 g/mol. The Morgan fingerprint density at radius 3 is 2.14 bits per heavy atom. The molecule has 0 aliphatic heterocycles. The van der Waals surface area contributed by atoms with Crippen LogP contribution in [0.5, 0.6) is 11.5 Å². The molecule has 0 heterocycles. The molecule has 1 fully saturated rings. The number of anilines is 1. The number of nitrogens with zero attached hydrogens (tertiary/aromatic N) is 2. The molecule has 1 N–H and O–H groups in total. The van der Waals surface area contributed by atoms with Gasteiger partial charge in [-0.15, -0.1) is 0 Å². The number of carbonyl (C=O) groups excluding carboxylic acids is 2. The molecule has 9 nitrogen and oxygen atoms in total. The summed E-state index contributed by atoms with van der Waals surface area (Å²) in [6, 6.07) is 26.0. The van der Waals surface area contributed by atoms with Crippen LogP contribution >= 0.6 is 23.2 Å². The van der Waals surface area contributed by atoms with E-state index in [0.29, 0.717) is 21.4 Å². The predicted molar refractivity (Wildman–Crippen MR) is 196 cm³/mol. The number of nitrogens with one attached hydrogen (secondary N) is 1. The number of ether oxygens (including phenoxy) is 2. The van der Waals surface area contributed by atoms with E-state index in [1.165, 1.54) is 37.3 Å².